The fraction of sp³-hybridized carbons (Fsp3) is 0.0625. The highest BCUT2D eigenvalue weighted by atomic mass is 32.1. The molecule has 0 unspecified atom stereocenters. The molecule has 0 aliphatic carbocycles. The zero-order valence-corrected chi connectivity index (χ0v) is 11.6. The van der Waals surface area contributed by atoms with Gasteiger partial charge in [-0.1, -0.05) is 30.3 Å². The van der Waals surface area contributed by atoms with E-state index in [1.54, 1.807) is 23.5 Å². The third-order valence-electron chi connectivity index (χ3n) is 2.93. The Balaban J connectivity index is 1.67. The molecule has 0 fully saturated rings. The molecule has 0 saturated heterocycles. The molecular formula is C16H14N2OS. The predicted molar refractivity (Wildman–Crippen MR) is 83.0 cm³/mol. The van der Waals surface area contributed by atoms with Crippen molar-refractivity contribution in [3.8, 4) is 17.0 Å². The SMILES string of the molecule is Oc1ccc(NCc2nc(-c3ccccc3)cs2)cc1. The number of rotatable bonds is 4. The van der Waals surface area contributed by atoms with E-state index in [2.05, 4.69) is 27.8 Å². The molecule has 3 nitrogen and oxygen atoms in total. The second-order valence-electron chi connectivity index (χ2n) is 4.39. The van der Waals surface area contributed by atoms with Gasteiger partial charge in [0.2, 0.25) is 0 Å². The van der Waals surface area contributed by atoms with Crippen LogP contribution in [-0.2, 0) is 6.54 Å². The van der Waals surface area contributed by atoms with Crippen LogP contribution in [0.15, 0.2) is 60.0 Å². The fourth-order valence-corrected chi connectivity index (χ4v) is 2.63. The predicted octanol–water partition coefficient (Wildman–Crippen LogP) is 4.13. The topological polar surface area (TPSA) is 45.1 Å². The Hall–Kier alpha value is -2.33. The first kappa shape index (κ1) is 12.7. The van der Waals surface area contributed by atoms with Crippen LogP contribution < -0.4 is 5.32 Å². The van der Waals surface area contributed by atoms with E-state index in [0.717, 1.165) is 22.0 Å². The van der Waals surface area contributed by atoms with Gasteiger partial charge in [0, 0.05) is 16.6 Å². The molecule has 100 valence electrons. The summed E-state index contributed by atoms with van der Waals surface area (Å²) in [6.45, 7) is 0.683. The summed E-state index contributed by atoms with van der Waals surface area (Å²) in [4.78, 5) is 4.62. The Bertz CT molecular complexity index is 677. The first-order valence-corrected chi connectivity index (χ1v) is 7.22. The summed E-state index contributed by atoms with van der Waals surface area (Å²) in [5.41, 5.74) is 3.12. The van der Waals surface area contributed by atoms with Crippen LogP contribution in [0.1, 0.15) is 5.01 Å². The van der Waals surface area contributed by atoms with Gasteiger partial charge in [0.15, 0.2) is 0 Å². The van der Waals surface area contributed by atoms with Gasteiger partial charge in [0.1, 0.15) is 10.8 Å². The average Bonchev–Trinajstić information content (AvgIpc) is 2.97. The molecule has 0 saturated carbocycles. The highest BCUT2D eigenvalue weighted by Gasteiger charge is 2.04. The van der Waals surface area contributed by atoms with Crippen LogP contribution in [-0.4, -0.2) is 10.1 Å². The van der Waals surface area contributed by atoms with E-state index in [0.29, 0.717) is 6.54 Å². The van der Waals surface area contributed by atoms with Crippen molar-refractivity contribution >= 4 is 17.0 Å². The van der Waals surface area contributed by atoms with Crippen LogP contribution in [0, 0.1) is 0 Å². The second kappa shape index (κ2) is 5.75. The summed E-state index contributed by atoms with van der Waals surface area (Å²) >= 11 is 1.64. The van der Waals surface area contributed by atoms with Crippen molar-refractivity contribution in [1.29, 1.82) is 0 Å². The number of thiazole rings is 1. The van der Waals surface area contributed by atoms with Crippen molar-refractivity contribution in [2.24, 2.45) is 0 Å². The van der Waals surface area contributed by atoms with Crippen molar-refractivity contribution in [1.82, 2.24) is 4.98 Å². The summed E-state index contributed by atoms with van der Waals surface area (Å²) in [6, 6.07) is 17.2. The molecular weight excluding hydrogens is 268 g/mol. The largest absolute Gasteiger partial charge is 0.508 e. The minimum absolute atomic E-state index is 0.274. The van der Waals surface area contributed by atoms with E-state index in [4.69, 9.17) is 0 Å². The average molecular weight is 282 g/mol. The lowest BCUT2D eigenvalue weighted by Gasteiger charge is -2.03. The zero-order chi connectivity index (χ0) is 13.8. The number of phenols is 1. The molecule has 1 heterocycles. The van der Waals surface area contributed by atoms with Crippen molar-refractivity contribution in [3.63, 3.8) is 0 Å². The van der Waals surface area contributed by atoms with Gasteiger partial charge in [-0.3, -0.25) is 0 Å². The molecule has 0 spiro atoms. The van der Waals surface area contributed by atoms with Crippen LogP contribution >= 0.6 is 11.3 Å². The molecule has 4 heteroatoms. The highest BCUT2D eigenvalue weighted by molar-refractivity contribution is 7.09. The van der Waals surface area contributed by atoms with Gasteiger partial charge in [0.25, 0.3) is 0 Å². The number of phenolic OH excluding ortho intramolecular Hbond substituents is 1. The normalized spacial score (nSPS) is 10.4. The first-order valence-electron chi connectivity index (χ1n) is 6.34. The number of benzene rings is 2. The molecule has 0 aliphatic heterocycles. The van der Waals surface area contributed by atoms with Gasteiger partial charge in [-0.15, -0.1) is 11.3 Å². The number of hydrogen-bond donors (Lipinski definition) is 2. The van der Waals surface area contributed by atoms with E-state index < -0.39 is 0 Å². The number of hydrogen-bond acceptors (Lipinski definition) is 4. The monoisotopic (exact) mass is 282 g/mol. The molecule has 0 amide bonds. The quantitative estimate of drug-likeness (QED) is 0.707. The van der Waals surface area contributed by atoms with E-state index in [1.807, 2.05) is 30.3 Å². The maximum Gasteiger partial charge on any atom is 0.115 e. The molecule has 2 N–H and O–H groups in total. The Morgan fingerprint density at radius 2 is 1.75 bits per heavy atom. The lowest BCUT2D eigenvalue weighted by molar-refractivity contribution is 0.475. The van der Waals surface area contributed by atoms with Crippen molar-refractivity contribution in [2.45, 2.75) is 6.54 Å². The first-order chi connectivity index (χ1) is 9.81. The standard InChI is InChI=1S/C16H14N2OS/c19-14-8-6-13(7-9-14)17-10-16-18-15(11-20-16)12-4-2-1-3-5-12/h1-9,11,17,19H,10H2. The molecule has 3 aromatic rings. The lowest BCUT2D eigenvalue weighted by atomic mass is 10.2. The van der Waals surface area contributed by atoms with Gasteiger partial charge < -0.3 is 10.4 Å². The molecule has 0 radical (unpaired) electrons. The van der Waals surface area contributed by atoms with E-state index in [1.165, 1.54) is 0 Å². The summed E-state index contributed by atoms with van der Waals surface area (Å²) in [7, 11) is 0. The number of aromatic nitrogens is 1. The summed E-state index contributed by atoms with van der Waals surface area (Å²) in [5, 5.41) is 15.6. The number of anilines is 1. The van der Waals surface area contributed by atoms with Gasteiger partial charge in [-0.05, 0) is 24.3 Å². The second-order valence-corrected chi connectivity index (χ2v) is 5.34. The summed E-state index contributed by atoms with van der Waals surface area (Å²) < 4.78 is 0. The Labute approximate surface area is 121 Å². The number of aromatic hydroxyl groups is 1. The fourth-order valence-electron chi connectivity index (χ4n) is 1.89. The van der Waals surface area contributed by atoms with Gasteiger partial charge in [-0.2, -0.15) is 0 Å². The van der Waals surface area contributed by atoms with Crippen LogP contribution in [0.4, 0.5) is 5.69 Å². The molecule has 1 aromatic heterocycles. The lowest BCUT2D eigenvalue weighted by Crippen LogP contribution is -1.98. The van der Waals surface area contributed by atoms with Crippen LogP contribution in [0.3, 0.4) is 0 Å². The van der Waals surface area contributed by atoms with E-state index >= 15 is 0 Å². The maximum absolute atomic E-state index is 9.23. The van der Waals surface area contributed by atoms with Crippen molar-refractivity contribution < 1.29 is 5.11 Å². The molecule has 0 bridgehead atoms. The minimum atomic E-state index is 0.274. The molecule has 2 aromatic carbocycles. The molecule has 0 atom stereocenters. The third kappa shape index (κ3) is 2.97. The summed E-state index contributed by atoms with van der Waals surface area (Å²) in [5.74, 6) is 0.274. The Kier molecular flexibility index (Phi) is 3.65. The van der Waals surface area contributed by atoms with Crippen LogP contribution in [0.25, 0.3) is 11.3 Å². The van der Waals surface area contributed by atoms with Gasteiger partial charge >= 0.3 is 0 Å². The number of nitrogens with one attached hydrogen (secondary N) is 1. The zero-order valence-electron chi connectivity index (χ0n) is 10.8. The number of nitrogens with zero attached hydrogens (tertiary/aromatic N) is 1. The van der Waals surface area contributed by atoms with Gasteiger partial charge in [0.05, 0.1) is 12.2 Å². The van der Waals surface area contributed by atoms with Crippen LogP contribution in [0.2, 0.25) is 0 Å². The van der Waals surface area contributed by atoms with E-state index in [-0.39, 0.29) is 5.75 Å². The minimum Gasteiger partial charge on any atom is -0.508 e. The summed E-state index contributed by atoms with van der Waals surface area (Å²) in [6.07, 6.45) is 0. The highest BCUT2D eigenvalue weighted by Crippen LogP contribution is 2.22. The van der Waals surface area contributed by atoms with Crippen molar-refractivity contribution in [2.75, 3.05) is 5.32 Å². The third-order valence-corrected chi connectivity index (χ3v) is 3.78. The smallest absolute Gasteiger partial charge is 0.115 e. The van der Waals surface area contributed by atoms with Crippen LogP contribution in [0.5, 0.6) is 5.75 Å². The Morgan fingerprint density at radius 1 is 1.00 bits per heavy atom. The van der Waals surface area contributed by atoms with E-state index in [9.17, 15) is 5.11 Å². The maximum atomic E-state index is 9.23. The molecule has 0 aliphatic rings. The molecule has 20 heavy (non-hydrogen) atoms. The van der Waals surface area contributed by atoms with Gasteiger partial charge in [-0.25, -0.2) is 4.98 Å². The Morgan fingerprint density at radius 3 is 2.50 bits per heavy atom. The molecule has 3 rings (SSSR count). The van der Waals surface area contributed by atoms with Crippen molar-refractivity contribution in [3.05, 3.63) is 65.0 Å².